The summed E-state index contributed by atoms with van der Waals surface area (Å²) in [6.45, 7) is 0.616. The first-order valence-corrected chi connectivity index (χ1v) is 3.44. The number of rotatable bonds is 2. The lowest BCUT2D eigenvalue weighted by atomic mass is 10.6. The molecule has 2 N–H and O–H groups in total. The molecule has 1 atom stereocenters. The molecule has 1 saturated heterocycles. The second-order valence-corrected chi connectivity index (χ2v) is 2.53. The molecular weight excluding hydrogens is 150 g/mol. The Balaban J connectivity index is 2.34. The maximum Gasteiger partial charge on any atom is 0.184 e. The molecule has 1 rings (SSSR count). The van der Waals surface area contributed by atoms with Gasteiger partial charge < -0.3 is 10.1 Å². The average Bonchev–Trinajstić information content (AvgIpc) is 2.14. The van der Waals surface area contributed by atoms with Crippen LogP contribution in [0.25, 0.3) is 0 Å². The van der Waals surface area contributed by atoms with Crippen LogP contribution in [0.3, 0.4) is 0 Å². The molecule has 10 heavy (non-hydrogen) atoms. The summed E-state index contributed by atoms with van der Waals surface area (Å²) in [4.78, 5) is 0. The van der Waals surface area contributed by atoms with E-state index in [0.717, 1.165) is 0 Å². The lowest BCUT2D eigenvalue weighted by Crippen LogP contribution is -2.38. The lowest BCUT2D eigenvalue weighted by molar-refractivity contribution is 0.152. The third-order valence-electron chi connectivity index (χ3n) is 1.29. The van der Waals surface area contributed by atoms with Crippen LogP contribution in [0.2, 0.25) is 0 Å². The van der Waals surface area contributed by atoms with E-state index in [1.54, 1.807) is 12.1 Å². The molecule has 1 unspecified atom stereocenters. The first kappa shape index (κ1) is 7.71. The van der Waals surface area contributed by atoms with E-state index in [2.05, 4.69) is 10.7 Å². The average molecular weight is 161 g/mol. The summed E-state index contributed by atoms with van der Waals surface area (Å²) in [6, 6.07) is 0. The van der Waals surface area contributed by atoms with Crippen molar-refractivity contribution in [2.24, 2.45) is 0 Å². The first-order chi connectivity index (χ1) is 4.74. The van der Waals surface area contributed by atoms with Crippen molar-refractivity contribution < 1.29 is 4.74 Å². The third-order valence-corrected chi connectivity index (χ3v) is 1.68. The summed E-state index contributed by atoms with van der Waals surface area (Å²) < 4.78 is 4.91. The summed E-state index contributed by atoms with van der Waals surface area (Å²) in [5, 5.41) is 5.50. The number of hydrogen-bond donors (Lipinski definition) is 2. The molecule has 0 radical (unpaired) electrons. The van der Waals surface area contributed by atoms with Crippen molar-refractivity contribution in [1.29, 1.82) is 0 Å². The van der Waals surface area contributed by atoms with Gasteiger partial charge in [0.15, 0.2) is 5.11 Å². The van der Waals surface area contributed by atoms with E-state index in [0.29, 0.717) is 11.7 Å². The highest BCUT2D eigenvalue weighted by Gasteiger charge is 2.20. The van der Waals surface area contributed by atoms with Gasteiger partial charge in [-0.1, -0.05) is 0 Å². The molecular formula is C5H11N3OS. The fourth-order valence-electron chi connectivity index (χ4n) is 0.816. The molecule has 58 valence electrons. The molecule has 0 spiro atoms. The van der Waals surface area contributed by atoms with Crippen molar-refractivity contribution in [1.82, 2.24) is 15.8 Å². The normalized spacial score (nSPS) is 25.2. The zero-order chi connectivity index (χ0) is 7.56. The van der Waals surface area contributed by atoms with Gasteiger partial charge in [0.2, 0.25) is 0 Å². The van der Waals surface area contributed by atoms with E-state index in [-0.39, 0.29) is 6.17 Å². The molecule has 0 aromatic carbocycles. The molecule has 4 nitrogen and oxygen atoms in total. The van der Waals surface area contributed by atoms with Gasteiger partial charge in [0.1, 0.15) is 6.17 Å². The second-order valence-electron chi connectivity index (χ2n) is 2.15. The summed E-state index contributed by atoms with van der Waals surface area (Å²) in [7, 11) is 3.52. The van der Waals surface area contributed by atoms with Crippen LogP contribution < -0.4 is 10.7 Å². The first-order valence-electron chi connectivity index (χ1n) is 3.03. The van der Waals surface area contributed by atoms with Crippen molar-refractivity contribution in [3.63, 3.8) is 0 Å². The number of hydrogen-bond acceptors (Lipinski definition) is 3. The topological polar surface area (TPSA) is 36.5 Å². The molecule has 1 heterocycles. The minimum atomic E-state index is 0.127. The standard InChI is InChI=1S/C5H11N3OS/c1-8-5(10)6-4(7-8)3-9-2/h4,7H,3H2,1-2H3,(H,6,10). The molecule has 1 aliphatic heterocycles. The Morgan fingerprint density at radius 2 is 2.50 bits per heavy atom. The Bertz CT molecular complexity index is 141. The van der Waals surface area contributed by atoms with Crippen LogP contribution in [0.15, 0.2) is 0 Å². The van der Waals surface area contributed by atoms with Crippen LogP contribution in [0, 0.1) is 0 Å². The molecule has 1 aliphatic rings. The predicted molar refractivity (Wildman–Crippen MR) is 42.3 cm³/mol. The molecule has 5 heteroatoms. The number of hydrazine groups is 1. The summed E-state index contributed by atoms with van der Waals surface area (Å²) >= 11 is 4.93. The van der Waals surface area contributed by atoms with Crippen LogP contribution in [0.1, 0.15) is 0 Å². The SMILES string of the molecule is COCC1NC(=S)N(C)N1. The van der Waals surface area contributed by atoms with Crippen molar-refractivity contribution in [2.45, 2.75) is 6.17 Å². The fourth-order valence-corrected chi connectivity index (χ4v) is 1.01. The van der Waals surface area contributed by atoms with E-state index >= 15 is 0 Å². The van der Waals surface area contributed by atoms with Gasteiger partial charge in [-0.15, -0.1) is 0 Å². The van der Waals surface area contributed by atoms with Gasteiger partial charge in [0.05, 0.1) is 6.61 Å². The van der Waals surface area contributed by atoms with Crippen molar-refractivity contribution in [3.8, 4) is 0 Å². The molecule has 1 fully saturated rings. The van der Waals surface area contributed by atoms with Gasteiger partial charge >= 0.3 is 0 Å². The van der Waals surface area contributed by atoms with Crippen LogP contribution in [-0.2, 0) is 4.74 Å². The Morgan fingerprint density at radius 3 is 2.90 bits per heavy atom. The minimum Gasteiger partial charge on any atom is -0.381 e. The van der Waals surface area contributed by atoms with Crippen molar-refractivity contribution in [3.05, 3.63) is 0 Å². The van der Waals surface area contributed by atoms with Crippen LogP contribution in [0.4, 0.5) is 0 Å². The number of nitrogens with zero attached hydrogens (tertiary/aromatic N) is 1. The molecule has 0 aliphatic carbocycles. The van der Waals surface area contributed by atoms with E-state index in [4.69, 9.17) is 17.0 Å². The van der Waals surface area contributed by atoms with E-state index < -0.39 is 0 Å². The Hall–Kier alpha value is -0.390. The summed E-state index contributed by atoms with van der Waals surface area (Å²) in [6.07, 6.45) is 0.127. The van der Waals surface area contributed by atoms with Gasteiger partial charge in [-0.2, -0.15) is 0 Å². The summed E-state index contributed by atoms with van der Waals surface area (Å²) in [5.41, 5.74) is 3.06. The van der Waals surface area contributed by atoms with Gasteiger partial charge in [0, 0.05) is 14.2 Å². The highest BCUT2D eigenvalue weighted by molar-refractivity contribution is 7.80. The van der Waals surface area contributed by atoms with Crippen LogP contribution >= 0.6 is 12.2 Å². The fraction of sp³-hybridized carbons (Fsp3) is 0.800. The zero-order valence-electron chi connectivity index (χ0n) is 6.05. The van der Waals surface area contributed by atoms with Crippen LogP contribution in [0.5, 0.6) is 0 Å². The van der Waals surface area contributed by atoms with E-state index in [1.807, 2.05) is 7.05 Å². The second kappa shape index (κ2) is 3.14. The minimum absolute atomic E-state index is 0.127. The lowest BCUT2D eigenvalue weighted by Gasteiger charge is -2.09. The predicted octanol–water partition coefficient (Wildman–Crippen LogP) is -0.717. The Morgan fingerprint density at radius 1 is 1.80 bits per heavy atom. The molecule has 0 amide bonds. The highest BCUT2D eigenvalue weighted by atomic mass is 32.1. The largest absolute Gasteiger partial charge is 0.381 e. The number of methoxy groups -OCH3 is 1. The molecule has 0 bridgehead atoms. The number of nitrogens with one attached hydrogen (secondary N) is 2. The monoisotopic (exact) mass is 161 g/mol. The molecule has 0 aromatic rings. The van der Waals surface area contributed by atoms with Gasteiger partial charge in [-0.05, 0) is 12.2 Å². The number of thiocarbonyl (C=S) groups is 1. The van der Waals surface area contributed by atoms with Crippen molar-refractivity contribution in [2.75, 3.05) is 20.8 Å². The zero-order valence-corrected chi connectivity index (χ0v) is 6.86. The summed E-state index contributed by atoms with van der Waals surface area (Å²) in [5.74, 6) is 0. The third kappa shape index (κ3) is 1.56. The van der Waals surface area contributed by atoms with Crippen molar-refractivity contribution >= 4 is 17.3 Å². The smallest absolute Gasteiger partial charge is 0.184 e. The molecule has 0 aromatic heterocycles. The Kier molecular flexibility index (Phi) is 2.42. The number of ether oxygens (including phenoxy) is 1. The highest BCUT2D eigenvalue weighted by Crippen LogP contribution is 1.93. The maximum atomic E-state index is 4.93. The quantitative estimate of drug-likeness (QED) is 0.523. The van der Waals surface area contributed by atoms with Gasteiger partial charge in [-0.25, -0.2) is 5.43 Å². The Labute approximate surface area is 65.5 Å². The van der Waals surface area contributed by atoms with E-state index in [1.165, 1.54) is 0 Å². The molecule has 0 saturated carbocycles. The van der Waals surface area contributed by atoms with Gasteiger partial charge in [-0.3, -0.25) is 5.01 Å². The van der Waals surface area contributed by atoms with E-state index in [9.17, 15) is 0 Å². The van der Waals surface area contributed by atoms with Gasteiger partial charge in [0.25, 0.3) is 0 Å². The maximum absolute atomic E-state index is 4.93. The van der Waals surface area contributed by atoms with Crippen LogP contribution in [-0.4, -0.2) is 37.1 Å².